The summed E-state index contributed by atoms with van der Waals surface area (Å²) in [6.07, 6.45) is -2.48. The molecule has 16 heavy (non-hydrogen) atoms. The van der Waals surface area contributed by atoms with Crippen LogP contribution in [0.25, 0.3) is 0 Å². The molecular weight excluding hydrogens is 287 g/mol. The molecule has 0 aromatic heterocycles. The van der Waals surface area contributed by atoms with E-state index in [1.807, 2.05) is 0 Å². The normalized spacial score (nSPS) is 21.4. The molecule has 0 bridgehead atoms. The highest BCUT2D eigenvalue weighted by Gasteiger charge is 2.36. The first-order valence-corrected chi connectivity index (χ1v) is 6.38. The molecule has 0 atom stereocenters. The summed E-state index contributed by atoms with van der Waals surface area (Å²) in [4.78, 5) is 1.35. The van der Waals surface area contributed by atoms with Gasteiger partial charge in [-0.2, -0.15) is 13.2 Å². The summed E-state index contributed by atoms with van der Waals surface area (Å²) in [5, 5.41) is 0.728. The van der Waals surface area contributed by atoms with E-state index in [9.17, 15) is 13.2 Å². The van der Waals surface area contributed by atoms with Gasteiger partial charge in [0.05, 0.1) is 6.54 Å². The molecule has 0 saturated carbocycles. The van der Waals surface area contributed by atoms with Gasteiger partial charge < -0.3 is 4.74 Å². The van der Waals surface area contributed by atoms with Gasteiger partial charge in [0.15, 0.2) is 0 Å². The molecule has 1 saturated heterocycles. The Hall–Kier alpha value is 0.190. The third-order valence-corrected chi connectivity index (χ3v) is 4.08. The number of halogens is 4. The highest BCUT2D eigenvalue weighted by molar-refractivity contribution is 9.09. The van der Waals surface area contributed by atoms with Gasteiger partial charge in [-0.3, -0.25) is 4.90 Å². The van der Waals surface area contributed by atoms with E-state index in [2.05, 4.69) is 15.9 Å². The topological polar surface area (TPSA) is 12.5 Å². The zero-order valence-electron chi connectivity index (χ0n) is 9.32. The average molecular weight is 304 g/mol. The molecule has 0 aromatic carbocycles. The van der Waals surface area contributed by atoms with E-state index in [4.69, 9.17) is 4.74 Å². The Kier molecular flexibility index (Phi) is 5.07. The molecule has 1 fully saturated rings. The molecule has 1 aliphatic heterocycles. The Bertz CT molecular complexity index is 217. The van der Waals surface area contributed by atoms with Crippen LogP contribution in [0, 0.1) is 5.41 Å². The van der Waals surface area contributed by atoms with Crippen molar-refractivity contribution in [3.8, 4) is 0 Å². The molecule has 6 heteroatoms. The fraction of sp³-hybridized carbons (Fsp3) is 1.00. The van der Waals surface area contributed by atoms with Crippen molar-refractivity contribution in [3.05, 3.63) is 0 Å². The Morgan fingerprint density at radius 2 is 1.88 bits per heavy atom. The van der Waals surface area contributed by atoms with Crippen LogP contribution in [0.3, 0.4) is 0 Å². The van der Waals surface area contributed by atoms with E-state index in [-0.39, 0.29) is 5.41 Å². The van der Waals surface area contributed by atoms with Gasteiger partial charge in [0.1, 0.15) is 0 Å². The maximum atomic E-state index is 12.2. The predicted octanol–water partition coefficient (Wildman–Crippen LogP) is 2.67. The van der Waals surface area contributed by atoms with Gasteiger partial charge in [-0.15, -0.1) is 0 Å². The van der Waals surface area contributed by atoms with Crippen molar-refractivity contribution in [1.29, 1.82) is 0 Å². The van der Waals surface area contributed by atoms with Crippen molar-refractivity contribution in [1.82, 2.24) is 4.90 Å². The second-order valence-corrected chi connectivity index (χ2v) is 5.09. The molecule has 1 rings (SSSR count). The Morgan fingerprint density at radius 1 is 1.31 bits per heavy atom. The highest BCUT2D eigenvalue weighted by atomic mass is 79.9. The van der Waals surface area contributed by atoms with E-state index in [1.54, 1.807) is 0 Å². The van der Waals surface area contributed by atoms with Crippen LogP contribution in [-0.2, 0) is 4.74 Å². The standard InChI is InChI=1S/C10H17BrF3NO/c1-15(8-10(12,13)14)7-9(6-11)2-4-16-5-3-9/h2-8H2,1H3. The second kappa shape index (κ2) is 5.69. The molecule has 0 aliphatic carbocycles. The SMILES string of the molecule is CN(CC(F)(F)F)CC1(CBr)CCOCC1. The minimum atomic E-state index is -4.12. The summed E-state index contributed by atoms with van der Waals surface area (Å²) in [6.45, 7) is 0.903. The highest BCUT2D eigenvalue weighted by Crippen LogP contribution is 2.33. The summed E-state index contributed by atoms with van der Waals surface area (Å²) in [5.74, 6) is 0. The average Bonchev–Trinajstić information content (AvgIpc) is 2.16. The fourth-order valence-electron chi connectivity index (χ4n) is 2.07. The first-order valence-electron chi connectivity index (χ1n) is 5.26. The lowest BCUT2D eigenvalue weighted by atomic mass is 9.82. The van der Waals surface area contributed by atoms with Crippen molar-refractivity contribution >= 4 is 15.9 Å². The number of rotatable bonds is 4. The van der Waals surface area contributed by atoms with Crippen LogP contribution in [0.4, 0.5) is 13.2 Å². The summed E-state index contributed by atoms with van der Waals surface area (Å²) in [7, 11) is 1.52. The van der Waals surface area contributed by atoms with Gasteiger partial charge in [0.2, 0.25) is 0 Å². The van der Waals surface area contributed by atoms with Crippen LogP contribution in [0.1, 0.15) is 12.8 Å². The largest absolute Gasteiger partial charge is 0.401 e. The van der Waals surface area contributed by atoms with E-state index in [0.717, 1.165) is 18.2 Å². The van der Waals surface area contributed by atoms with E-state index in [1.165, 1.54) is 11.9 Å². The molecule has 1 aliphatic rings. The Balaban J connectivity index is 2.48. The third kappa shape index (κ3) is 4.59. The van der Waals surface area contributed by atoms with Gasteiger partial charge in [-0.1, -0.05) is 15.9 Å². The Morgan fingerprint density at radius 3 is 2.31 bits per heavy atom. The quantitative estimate of drug-likeness (QED) is 0.741. The van der Waals surface area contributed by atoms with Crippen LogP contribution in [0.15, 0.2) is 0 Å². The molecule has 0 amide bonds. The summed E-state index contributed by atoms with van der Waals surface area (Å²) >= 11 is 3.41. The lowest BCUT2D eigenvalue weighted by Crippen LogP contribution is -2.44. The molecule has 0 spiro atoms. The molecule has 96 valence electrons. The molecule has 0 radical (unpaired) electrons. The number of hydrogen-bond donors (Lipinski definition) is 0. The first-order chi connectivity index (χ1) is 7.37. The molecule has 0 N–H and O–H groups in total. The van der Waals surface area contributed by atoms with Crippen LogP contribution in [-0.4, -0.2) is 49.8 Å². The summed E-state index contributed by atoms with van der Waals surface area (Å²) in [6, 6.07) is 0. The minimum Gasteiger partial charge on any atom is -0.381 e. The van der Waals surface area contributed by atoms with Crippen LogP contribution < -0.4 is 0 Å². The molecular formula is C10H17BrF3NO. The minimum absolute atomic E-state index is 0.0712. The van der Waals surface area contributed by atoms with E-state index in [0.29, 0.717) is 19.8 Å². The number of nitrogens with zero attached hydrogens (tertiary/aromatic N) is 1. The van der Waals surface area contributed by atoms with Crippen LogP contribution in [0.5, 0.6) is 0 Å². The third-order valence-electron chi connectivity index (χ3n) is 2.89. The fourth-order valence-corrected chi connectivity index (χ4v) is 2.81. The van der Waals surface area contributed by atoms with E-state index < -0.39 is 12.7 Å². The van der Waals surface area contributed by atoms with Gasteiger partial charge in [0.25, 0.3) is 0 Å². The van der Waals surface area contributed by atoms with Gasteiger partial charge >= 0.3 is 6.18 Å². The van der Waals surface area contributed by atoms with Crippen molar-refractivity contribution < 1.29 is 17.9 Å². The lowest BCUT2D eigenvalue weighted by Gasteiger charge is -2.38. The zero-order valence-corrected chi connectivity index (χ0v) is 10.9. The Labute approximate surface area is 102 Å². The maximum Gasteiger partial charge on any atom is 0.401 e. The number of alkyl halides is 4. The van der Waals surface area contributed by atoms with Crippen molar-refractivity contribution in [2.75, 3.05) is 38.7 Å². The number of hydrogen-bond acceptors (Lipinski definition) is 2. The van der Waals surface area contributed by atoms with E-state index >= 15 is 0 Å². The van der Waals surface area contributed by atoms with Gasteiger partial charge in [-0.25, -0.2) is 0 Å². The second-order valence-electron chi connectivity index (χ2n) is 4.53. The van der Waals surface area contributed by atoms with Crippen molar-refractivity contribution in [2.45, 2.75) is 19.0 Å². The van der Waals surface area contributed by atoms with Crippen LogP contribution >= 0.6 is 15.9 Å². The molecule has 0 unspecified atom stereocenters. The molecule has 2 nitrogen and oxygen atoms in total. The smallest absolute Gasteiger partial charge is 0.381 e. The van der Waals surface area contributed by atoms with Gasteiger partial charge in [-0.05, 0) is 25.3 Å². The molecule has 1 heterocycles. The summed E-state index contributed by atoms with van der Waals surface area (Å²) < 4.78 is 41.9. The van der Waals surface area contributed by atoms with Crippen LogP contribution in [0.2, 0.25) is 0 Å². The zero-order chi connectivity index (χ0) is 12.2. The monoisotopic (exact) mass is 303 g/mol. The van der Waals surface area contributed by atoms with Crippen molar-refractivity contribution in [2.24, 2.45) is 5.41 Å². The number of ether oxygens (including phenoxy) is 1. The molecule has 0 aromatic rings. The first kappa shape index (κ1) is 14.3. The predicted molar refractivity (Wildman–Crippen MR) is 59.8 cm³/mol. The van der Waals surface area contributed by atoms with Crippen molar-refractivity contribution in [3.63, 3.8) is 0 Å². The maximum absolute atomic E-state index is 12.2. The summed E-state index contributed by atoms with van der Waals surface area (Å²) in [5.41, 5.74) is -0.0712. The van der Waals surface area contributed by atoms with Gasteiger partial charge in [0, 0.05) is 25.1 Å². The lowest BCUT2D eigenvalue weighted by molar-refractivity contribution is -0.147.